The third-order valence-electron chi connectivity index (χ3n) is 1.86. The van der Waals surface area contributed by atoms with Gasteiger partial charge < -0.3 is 16.2 Å². The van der Waals surface area contributed by atoms with Crippen LogP contribution < -0.4 is 16.2 Å². The molecule has 0 fully saturated rings. The molecule has 0 aliphatic rings. The predicted molar refractivity (Wildman–Crippen MR) is 63.1 cm³/mol. The van der Waals surface area contributed by atoms with Crippen LogP contribution in [0.15, 0.2) is 11.6 Å². The average molecular weight is 237 g/mol. The predicted octanol–water partition coefficient (Wildman–Crippen LogP) is 1.16. The van der Waals surface area contributed by atoms with Gasteiger partial charge in [-0.15, -0.1) is 0 Å². The van der Waals surface area contributed by atoms with Crippen molar-refractivity contribution in [3.8, 4) is 16.5 Å². The number of ether oxygens (including phenoxy) is 1. The second-order valence-corrected chi connectivity index (χ2v) is 3.78. The third-order valence-corrected chi connectivity index (χ3v) is 2.62. The van der Waals surface area contributed by atoms with Crippen molar-refractivity contribution in [1.29, 1.82) is 0 Å². The Morgan fingerprint density at radius 3 is 2.88 bits per heavy atom. The summed E-state index contributed by atoms with van der Waals surface area (Å²) in [5.74, 6) is 0.474. The van der Waals surface area contributed by atoms with Crippen molar-refractivity contribution in [3.63, 3.8) is 0 Å². The van der Waals surface area contributed by atoms with Crippen LogP contribution in [0.3, 0.4) is 0 Å². The van der Waals surface area contributed by atoms with Crippen molar-refractivity contribution in [2.24, 2.45) is 0 Å². The zero-order valence-corrected chi connectivity index (χ0v) is 9.49. The first-order valence-electron chi connectivity index (χ1n) is 4.67. The van der Waals surface area contributed by atoms with E-state index in [2.05, 4.69) is 15.0 Å². The largest absolute Gasteiger partial charge is 0.470 e. The number of thiazole rings is 1. The zero-order valence-electron chi connectivity index (χ0n) is 8.67. The monoisotopic (exact) mass is 237 g/mol. The van der Waals surface area contributed by atoms with Gasteiger partial charge in [0.25, 0.3) is 5.19 Å². The fourth-order valence-electron chi connectivity index (χ4n) is 1.18. The maximum atomic E-state index is 5.73. The molecule has 0 spiro atoms. The fraction of sp³-hybridized carbons (Fsp3) is 0.222. The summed E-state index contributed by atoms with van der Waals surface area (Å²) in [6.07, 6.45) is 1.56. The van der Waals surface area contributed by atoms with Gasteiger partial charge in [-0.05, 0) is 6.92 Å². The molecule has 0 aliphatic heterocycles. The van der Waals surface area contributed by atoms with Crippen LogP contribution in [-0.4, -0.2) is 21.6 Å². The first-order valence-corrected chi connectivity index (χ1v) is 5.55. The molecule has 0 aromatic carbocycles. The van der Waals surface area contributed by atoms with E-state index in [-0.39, 0.29) is 5.95 Å². The molecule has 0 aliphatic carbocycles. The van der Waals surface area contributed by atoms with E-state index in [1.165, 1.54) is 11.3 Å². The summed E-state index contributed by atoms with van der Waals surface area (Å²) in [5.41, 5.74) is 12.5. The first-order chi connectivity index (χ1) is 7.70. The summed E-state index contributed by atoms with van der Waals surface area (Å²) in [4.78, 5) is 12.0. The Labute approximate surface area is 96.3 Å². The minimum atomic E-state index is 0.154. The van der Waals surface area contributed by atoms with Crippen molar-refractivity contribution in [2.45, 2.75) is 6.92 Å². The molecule has 0 saturated heterocycles. The van der Waals surface area contributed by atoms with Crippen LogP contribution in [0.25, 0.3) is 11.3 Å². The van der Waals surface area contributed by atoms with E-state index in [4.69, 9.17) is 16.2 Å². The molecule has 0 atom stereocenters. The lowest BCUT2D eigenvalue weighted by Gasteiger charge is -2.01. The summed E-state index contributed by atoms with van der Waals surface area (Å²) in [7, 11) is 0. The molecule has 0 saturated carbocycles. The molecule has 84 valence electrons. The highest BCUT2D eigenvalue weighted by Crippen LogP contribution is 2.28. The summed E-state index contributed by atoms with van der Waals surface area (Å²) < 4.78 is 5.27. The van der Waals surface area contributed by atoms with Crippen LogP contribution in [-0.2, 0) is 0 Å². The summed E-state index contributed by atoms with van der Waals surface area (Å²) in [6.45, 7) is 2.49. The molecule has 0 radical (unpaired) electrons. The minimum Gasteiger partial charge on any atom is -0.470 e. The van der Waals surface area contributed by atoms with E-state index in [1.807, 2.05) is 12.3 Å². The molecule has 7 heteroatoms. The van der Waals surface area contributed by atoms with Crippen LogP contribution in [0.5, 0.6) is 5.19 Å². The van der Waals surface area contributed by atoms with Gasteiger partial charge in [-0.2, -0.15) is 4.98 Å². The minimum absolute atomic E-state index is 0.154. The maximum Gasteiger partial charge on any atom is 0.273 e. The standard InChI is InChI=1S/C9H11N5OS/c1-2-15-9-13-6(4-16-9)5-3-12-8(11)14-7(5)10/h3-4H,2H2,1H3,(H4,10,11,12,14). The van der Waals surface area contributed by atoms with Gasteiger partial charge >= 0.3 is 0 Å². The van der Waals surface area contributed by atoms with Crippen LogP contribution in [0.4, 0.5) is 11.8 Å². The van der Waals surface area contributed by atoms with Crippen molar-refractivity contribution < 1.29 is 4.74 Å². The maximum absolute atomic E-state index is 5.73. The van der Waals surface area contributed by atoms with Gasteiger partial charge in [-0.3, -0.25) is 0 Å². The topological polar surface area (TPSA) is 99.9 Å². The Hall–Kier alpha value is -1.89. The Bertz CT molecular complexity index is 498. The van der Waals surface area contributed by atoms with Crippen molar-refractivity contribution in [1.82, 2.24) is 15.0 Å². The number of hydrogen-bond acceptors (Lipinski definition) is 7. The number of nitrogens with two attached hydrogens (primary N) is 2. The Morgan fingerprint density at radius 2 is 2.19 bits per heavy atom. The van der Waals surface area contributed by atoms with E-state index < -0.39 is 0 Å². The van der Waals surface area contributed by atoms with Gasteiger partial charge in [0.15, 0.2) is 0 Å². The second kappa shape index (κ2) is 4.31. The van der Waals surface area contributed by atoms with Gasteiger partial charge in [0, 0.05) is 11.6 Å². The van der Waals surface area contributed by atoms with Gasteiger partial charge in [0.1, 0.15) is 5.82 Å². The number of hydrogen-bond donors (Lipinski definition) is 2. The lowest BCUT2D eigenvalue weighted by atomic mass is 10.2. The SMILES string of the molecule is CCOc1nc(-c2cnc(N)nc2N)cs1. The molecule has 2 aromatic rings. The van der Waals surface area contributed by atoms with Gasteiger partial charge in [0.2, 0.25) is 5.95 Å². The van der Waals surface area contributed by atoms with Crippen molar-refractivity contribution in [3.05, 3.63) is 11.6 Å². The molecule has 0 amide bonds. The number of aromatic nitrogens is 3. The quantitative estimate of drug-likeness (QED) is 0.831. The van der Waals surface area contributed by atoms with E-state index >= 15 is 0 Å². The Morgan fingerprint density at radius 1 is 1.38 bits per heavy atom. The van der Waals surface area contributed by atoms with Gasteiger partial charge in [-0.1, -0.05) is 11.3 Å². The molecule has 0 bridgehead atoms. The van der Waals surface area contributed by atoms with Crippen molar-refractivity contribution >= 4 is 23.1 Å². The smallest absolute Gasteiger partial charge is 0.273 e. The molecular weight excluding hydrogens is 226 g/mol. The highest BCUT2D eigenvalue weighted by atomic mass is 32.1. The number of anilines is 2. The molecule has 4 N–H and O–H groups in total. The first kappa shape index (κ1) is 10.6. The molecule has 2 heterocycles. The van der Waals surface area contributed by atoms with E-state index in [0.717, 1.165) is 0 Å². The summed E-state index contributed by atoms with van der Waals surface area (Å²) in [5, 5.41) is 2.45. The summed E-state index contributed by atoms with van der Waals surface area (Å²) >= 11 is 1.41. The van der Waals surface area contributed by atoms with Gasteiger partial charge in [-0.25, -0.2) is 9.97 Å². The number of rotatable bonds is 3. The van der Waals surface area contributed by atoms with E-state index in [9.17, 15) is 0 Å². The molecule has 2 rings (SSSR count). The summed E-state index contributed by atoms with van der Waals surface area (Å²) in [6, 6.07) is 0. The molecule has 16 heavy (non-hydrogen) atoms. The lowest BCUT2D eigenvalue weighted by molar-refractivity contribution is 0.338. The second-order valence-electron chi connectivity index (χ2n) is 2.96. The van der Waals surface area contributed by atoms with Crippen LogP contribution >= 0.6 is 11.3 Å². The van der Waals surface area contributed by atoms with Crippen LogP contribution in [0.1, 0.15) is 6.92 Å². The van der Waals surface area contributed by atoms with Crippen molar-refractivity contribution in [2.75, 3.05) is 18.1 Å². The van der Waals surface area contributed by atoms with E-state index in [1.54, 1.807) is 6.20 Å². The number of nitrogen functional groups attached to an aromatic ring is 2. The van der Waals surface area contributed by atoms with Gasteiger partial charge in [0.05, 0.1) is 17.9 Å². The average Bonchev–Trinajstić information content (AvgIpc) is 2.67. The Kier molecular flexibility index (Phi) is 2.86. The highest BCUT2D eigenvalue weighted by molar-refractivity contribution is 7.11. The molecule has 2 aromatic heterocycles. The van der Waals surface area contributed by atoms with Crippen LogP contribution in [0, 0.1) is 0 Å². The normalized spacial score (nSPS) is 10.3. The van der Waals surface area contributed by atoms with E-state index in [0.29, 0.717) is 28.9 Å². The molecular formula is C9H11N5OS. The molecule has 6 nitrogen and oxygen atoms in total. The van der Waals surface area contributed by atoms with Crippen LogP contribution in [0.2, 0.25) is 0 Å². The zero-order chi connectivity index (χ0) is 11.5. The third kappa shape index (κ3) is 2.03. The highest BCUT2D eigenvalue weighted by Gasteiger charge is 2.10. The number of nitrogens with zero attached hydrogens (tertiary/aromatic N) is 3. The molecule has 0 unspecified atom stereocenters. The lowest BCUT2D eigenvalue weighted by Crippen LogP contribution is -2.01. The Balaban J connectivity index is 2.35. The fourth-order valence-corrected chi connectivity index (χ4v) is 1.91.